The molecule has 0 unspecified atom stereocenters. The van der Waals surface area contributed by atoms with Gasteiger partial charge in [0.05, 0.1) is 12.1 Å². The van der Waals surface area contributed by atoms with Gasteiger partial charge in [-0.15, -0.1) is 0 Å². The molecule has 0 aliphatic rings. The number of nitrogens with one attached hydrogen (secondary N) is 2. The fourth-order valence-electron chi connectivity index (χ4n) is 4.72. The van der Waals surface area contributed by atoms with Gasteiger partial charge in [0.2, 0.25) is 5.78 Å². The summed E-state index contributed by atoms with van der Waals surface area (Å²) in [5, 5.41) is 28.7. The first kappa shape index (κ1) is 29.4. The number of carbonyl (C=O) groups is 3. The van der Waals surface area contributed by atoms with Crippen molar-refractivity contribution in [3.8, 4) is 0 Å². The van der Waals surface area contributed by atoms with Crippen LogP contribution >= 0.6 is 0 Å². The quantitative estimate of drug-likeness (QED) is 0.150. The second kappa shape index (κ2) is 14.2. The number of aliphatic hydroxyl groups is 2. The Kier molecular flexibility index (Phi) is 10.2. The van der Waals surface area contributed by atoms with Crippen molar-refractivity contribution in [3.63, 3.8) is 0 Å². The fourth-order valence-corrected chi connectivity index (χ4v) is 4.72. The Labute approximate surface area is 239 Å². The Morgan fingerprint density at radius 1 is 0.683 bits per heavy atom. The van der Waals surface area contributed by atoms with Crippen molar-refractivity contribution in [2.75, 3.05) is 0 Å². The van der Waals surface area contributed by atoms with Crippen LogP contribution in [0.25, 0.3) is 0 Å². The number of carbonyl (C=O) groups excluding carboxylic acids is 3. The molecular weight excluding hydrogens is 516 g/mol. The predicted octanol–water partition coefficient (Wildman–Crippen LogP) is 3.64. The smallest absolute Gasteiger partial charge is 0.292 e. The molecule has 7 nitrogen and oxygen atoms in total. The standard InChI is InChI=1S/C34H34N2O5/c37-30(29(21-25-13-5-1-6-14-25)36-32(39)31(38)28-19-11-4-12-20-28)23-34(41,22-26-15-7-2-8-16-26)33(40)35-24-27-17-9-3-10-18-27/h1-20,29-30,37,41H,21-24H2,(H,35,40)(H,36,39)/t29-,30+,34+/m1/s1. The first-order valence-electron chi connectivity index (χ1n) is 13.5. The van der Waals surface area contributed by atoms with Gasteiger partial charge in [0.15, 0.2) is 0 Å². The summed E-state index contributed by atoms with van der Waals surface area (Å²) in [6, 6.07) is 34.7. The van der Waals surface area contributed by atoms with Crippen molar-refractivity contribution in [2.24, 2.45) is 0 Å². The van der Waals surface area contributed by atoms with Crippen LogP contribution in [0.15, 0.2) is 121 Å². The number of amides is 2. The van der Waals surface area contributed by atoms with E-state index in [-0.39, 0.29) is 31.4 Å². The maximum atomic E-state index is 13.5. The van der Waals surface area contributed by atoms with Crippen LogP contribution < -0.4 is 10.6 Å². The summed E-state index contributed by atoms with van der Waals surface area (Å²) < 4.78 is 0. The highest BCUT2D eigenvalue weighted by Gasteiger charge is 2.40. The van der Waals surface area contributed by atoms with Crippen molar-refractivity contribution in [1.29, 1.82) is 0 Å². The maximum absolute atomic E-state index is 13.5. The van der Waals surface area contributed by atoms with E-state index in [1.54, 1.807) is 42.5 Å². The van der Waals surface area contributed by atoms with Crippen molar-refractivity contribution in [1.82, 2.24) is 10.6 Å². The molecule has 0 aromatic heterocycles. The van der Waals surface area contributed by atoms with E-state index in [0.29, 0.717) is 5.56 Å². The molecule has 0 fully saturated rings. The lowest BCUT2D eigenvalue weighted by Crippen LogP contribution is -2.55. The zero-order valence-corrected chi connectivity index (χ0v) is 22.6. The first-order chi connectivity index (χ1) is 19.8. The number of ketones is 1. The molecular formula is C34H34N2O5. The van der Waals surface area contributed by atoms with Crippen LogP contribution in [0.2, 0.25) is 0 Å². The van der Waals surface area contributed by atoms with Gasteiger partial charge in [-0.05, 0) is 23.1 Å². The van der Waals surface area contributed by atoms with Gasteiger partial charge in [-0.1, -0.05) is 121 Å². The Hall–Kier alpha value is -4.59. The minimum absolute atomic E-state index is 0.0551. The van der Waals surface area contributed by atoms with Gasteiger partial charge >= 0.3 is 0 Å². The van der Waals surface area contributed by atoms with Gasteiger partial charge in [-0.3, -0.25) is 14.4 Å². The summed E-state index contributed by atoms with van der Waals surface area (Å²) in [6.07, 6.45) is -1.61. The fraction of sp³-hybridized carbons (Fsp3) is 0.206. The highest BCUT2D eigenvalue weighted by molar-refractivity contribution is 6.42. The molecule has 0 heterocycles. The Morgan fingerprint density at radius 3 is 1.73 bits per heavy atom. The van der Waals surface area contributed by atoms with Crippen molar-refractivity contribution >= 4 is 17.6 Å². The SMILES string of the molecule is O=C(N[C@H](Cc1ccccc1)[C@@H](O)C[C@@](O)(Cc1ccccc1)C(=O)NCc1ccccc1)C(=O)c1ccccc1. The van der Waals surface area contributed by atoms with Gasteiger partial charge in [0.25, 0.3) is 11.8 Å². The van der Waals surface area contributed by atoms with Gasteiger partial charge in [0, 0.05) is 24.9 Å². The largest absolute Gasteiger partial charge is 0.391 e. The summed E-state index contributed by atoms with van der Waals surface area (Å²) in [7, 11) is 0. The topological polar surface area (TPSA) is 116 Å². The Bertz CT molecular complexity index is 1410. The number of aliphatic hydroxyl groups excluding tert-OH is 1. The monoisotopic (exact) mass is 550 g/mol. The van der Waals surface area contributed by atoms with Crippen LogP contribution in [0, 0.1) is 0 Å². The second-order valence-corrected chi connectivity index (χ2v) is 10.1. The summed E-state index contributed by atoms with van der Waals surface area (Å²) >= 11 is 0. The molecule has 4 aromatic rings. The van der Waals surface area contributed by atoms with E-state index < -0.39 is 35.3 Å². The summed E-state index contributed by atoms with van der Waals surface area (Å²) in [5.41, 5.74) is 0.596. The van der Waals surface area contributed by atoms with E-state index in [9.17, 15) is 24.6 Å². The second-order valence-electron chi connectivity index (χ2n) is 10.1. The molecule has 4 rings (SSSR count). The zero-order chi connectivity index (χ0) is 29.1. The zero-order valence-electron chi connectivity index (χ0n) is 22.6. The molecule has 0 saturated carbocycles. The minimum atomic E-state index is -2.00. The van der Waals surface area contributed by atoms with Gasteiger partial charge in [-0.25, -0.2) is 0 Å². The van der Waals surface area contributed by atoms with Crippen LogP contribution in [-0.2, 0) is 29.0 Å². The highest BCUT2D eigenvalue weighted by Crippen LogP contribution is 2.23. The number of hydrogen-bond donors (Lipinski definition) is 4. The van der Waals surface area contributed by atoms with E-state index in [2.05, 4.69) is 10.6 Å². The minimum Gasteiger partial charge on any atom is -0.391 e. The normalized spacial score (nSPS) is 13.8. The van der Waals surface area contributed by atoms with Crippen molar-refractivity contribution in [3.05, 3.63) is 144 Å². The number of rotatable bonds is 13. The third kappa shape index (κ3) is 8.45. The number of Topliss-reactive ketones (excluding diaryl/α,β-unsaturated/α-hetero) is 1. The molecule has 0 saturated heterocycles. The molecule has 3 atom stereocenters. The molecule has 4 aromatic carbocycles. The molecule has 0 radical (unpaired) electrons. The molecule has 41 heavy (non-hydrogen) atoms. The maximum Gasteiger partial charge on any atom is 0.292 e. The van der Waals surface area contributed by atoms with Gasteiger partial charge in [-0.2, -0.15) is 0 Å². The van der Waals surface area contributed by atoms with Crippen LogP contribution in [-0.4, -0.2) is 45.6 Å². The van der Waals surface area contributed by atoms with E-state index >= 15 is 0 Å². The molecule has 0 bridgehead atoms. The molecule has 0 aliphatic heterocycles. The van der Waals surface area contributed by atoms with Gasteiger partial charge < -0.3 is 20.8 Å². The number of hydrogen-bond acceptors (Lipinski definition) is 5. The van der Waals surface area contributed by atoms with Crippen LogP contribution in [0.1, 0.15) is 33.5 Å². The van der Waals surface area contributed by atoms with E-state index in [4.69, 9.17) is 0 Å². The average Bonchev–Trinajstić information content (AvgIpc) is 3.01. The molecule has 0 aliphatic carbocycles. The molecule has 7 heteroatoms. The third-order valence-electron chi connectivity index (χ3n) is 6.93. The Balaban J connectivity index is 1.57. The molecule has 2 amide bonds. The van der Waals surface area contributed by atoms with Crippen molar-refractivity contribution in [2.45, 2.75) is 43.6 Å². The van der Waals surface area contributed by atoms with Crippen LogP contribution in [0.4, 0.5) is 0 Å². The first-order valence-corrected chi connectivity index (χ1v) is 13.5. The lowest BCUT2D eigenvalue weighted by Gasteiger charge is -2.33. The third-order valence-corrected chi connectivity index (χ3v) is 6.93. The summed E-state index contributed by atoms with van der Waals surface area (Å²) in [4.78, 5) is 39.2. The highest BCUT2D eigenvalue weighted by atomic mass is 16.3. The van der Waals surface area contributed by atoms with Crippen LogP contribution in [0.3, 0.4) is 0 Å². The summed E-state index contributed by atoms with van der Waals surface area (Å²) in [6.45, 7) is 0.197. The molecule has 0 spiro atoms. The van der Waals surface area contributed by atoms with E-state index in [1.807, 2.05) is 78.9 Å². The van der Waals surface area contributed by atoms with E-state index in [0.717, 1.165) is 11.1 Å². The van der Waals surface area contributed by atoms with Crippen molar-refractivity contribution < 1.29 is 24.6 Å². The molecule has 4 N–H and O–H groups in total. The average molecular weight is 551 g/mol. The lowest BCUT2D eigenvalue weighted by atomic mass is 9.84. The molecule has 210 valence electrons. The number of benzene rings is 4. The summed E-state index contributed by atoms with van der Waals surface area (Å²) in [5.74, 6) is -2.26. The van der Waals surface area contributed by atoms with E-state index in [1.165, 1.54) is 0 Å². The van der Waals surface area contributed by atoms with Crippen LogP contribution in [0.5, 0.6) is 0 Å². The lowest BCUT2D eigenvalue weighted by molar-refractivity contribution is -0.144. The van der Waals surface area contributed by atoms with Gasteiger partial charge in [0.1, 0.15) is 5.60 Å². The predicted molar refractivity (Wildman–Crippen MR) is 157 cm³/mol. The Morgan fingerprint density at radius 2 is 1.17 bits per heavy atom.